The fourth-order valence-corrected chi connectivity index (χ4v) is 5.86. The van der Waals surface area contributed by atoms with Crippen LogP contribution in [0.2, 0.25) is 18.1 Å². The van der Waals surface area contributed by atoms with E-state index in [1.165, 1.54) is 7.11 Å². The standard InChI is InChI=1S/C30H44N2O5Si/c1-29(2,3)36-28(34)32-24(19-21-12-14-22(15-13-21)27(33)35-7)16-17-25(32)26(23-11-10-18-31-20-23)37-38(8,9)30(4,5)6/h10-15,18,20,24-26H,16-17,19H2,1-9H3/t24-,25+,26+/m0/s1. The van der Waals surface area contributed by atoms with Crippen LogP contribution in [0.1, 0.15) is 82.0 Å². The third-order valence-electron chi connectivity index (χ3n) is 7.59. The number of hydrogen-bond donors (Lipinski definition) is 0. The van der Waals surface area contributed by atoms with Gasteiger partial charge in [0.25, 0.3) is 0 Å². The molecule has 2 aromatic rings. The Morgan fingerprint density at radius 1 is 1.05 bits per heavy atom. The molecule has 1 aliphatic heterocycles. The molecule has 0 radical (unpaired) electrons. The molecular weight excluding hydrogens is 496 g/mol. The van der Waals surface area contributed by atoms with Crippen molar-refractivity contribution in [3.63, 3.8) is 0 Å². The van der Waals surface area contributed by atoms with Crippen LogP contribution in [-0.4, -0.2) is 55.1 Å². The highest BCUT2D eigenvalue weighted by Crippen LogP contribution is 2.44. The molecular formula is C30H44N2O5Si. The number of pyridine rings is 1. The largest absolute Gasteiger partial charge is 0.465 e. The quantitative estimate of drug-likeness (QED) is 0.280. The lowest BCUT2D eigenvalue weighted by atomic mass is 10.0. The maximum Gasteiger partial charge on any atom is 0.410 e. The summed E-state index contributed by atoms with van der Waals surface area (Å²) in [5, 5.41) is 0.00357. The summed E-state index contributed by atoms with van der Waals surface area (Å²) in [5.74, 6) is -0.366. The molecule has 7 nitrogen and oxygen atoms in total. The lowest BCUT2D eigenvalue weighted by molar-refractivity contribution is -0.00244. The molecule has 2 heterocycles. The molecule has 1 fully saturated rings. The van der Waals surface area contributed by atoms with Crippen molar-refractivity contribution in [1.29, 1.82) is 0 Å². The van der Waals surface area contributed by atoms with Gasteiger partial charge in [-0.05, 0) is 87.5 Å². The highest BCUT2D eigenvalue weighted by molar-refractivity contribution is 6.74. The van der Waals surface area contributed by atoms with Gasteiger partial charge in [-0.25, -0.2) is 9.59 Å². The van der Waals surface area contributed by atoms with E-state index in [2.05, 4.69) is 38.8 Å². The number of ether oxygens (including phenoxy) is 2. The summed E-state index contributed by atoms with van der Waals surface area (Å²) >= 11 is 0. The second kappa shape index (κ2) is 11.6. The normalized spacial score (nSPS) is 19.2. The molecule has 0 aliphatic carbocycles. The Bertz CT molecular complexity index is 1090. The lowest BCUT2D eigenvalue weighted by Crippen LogP contribution is -2.50. The number of hydrogen-bond acceptors (Lipinski definition) is 6. The monoisotopic (exact) mass is 540 g/mol. The van der Waals surface area contributed by atoms with Crippen LogP contribution in [0.3, 0.4) is 0 Å². The highest BCUT2D eigenvalue weighted by Gasteiger charge is 2.47. The minimum absolute atomic E-state index is 0.00357. The number of benzene rings is 1. The number of methoxy groups -OCH3 is 1. The Hall–Kier alpha value is -2.71. The number of aromatic nitrogens is 1. The molecule has 3 rings (SSSR count). The lowest BCUT2D eigenvalue weighted by Gasteiger charge is -2.43. The average molecular weight is 541 g/mol. The first kappa shape index (κ1) is 29.8. The van der Waals surface area contributed by atoms with E-state index < -0.39 is 13.9 Å². The minimum atomic E-state index is -2.20. The summed E-state index contributed by atoms with van der Waals surface area (Å²) in [7, 11) is -0.824. The summed E-state index contributed by atoms with van der Waals surface area (Å²) in [6.45, 7) is 16.8. The maximum atomic E-state index is 13.7. The van der Waals surface area contributed by atoms with Gasteiger partial charge < -0.3 is 13.9 Å². The summed E-state index contributed by atoms with van der Waals surface area (Å²) in [5.41, 5.74) is 1.89. The van der Waals surface area contributed by atoms with Gasteiger partial charge in [-0.15, -0.1) is 0 Å². The minimum Gasteiger partial charge on any atom is -0.465 e. The van der Waals surface area contributed by atoms with Crippen LogP contribution in [0.4, 0.5) is 4.79 Å². The zero-order valence-electron chi connectivity index (χ0n) is 24.4. The van der Waals surface area contributed by atoms with Gasteiger partial charge in [0, 0.05) is 18.4 Å². The topological polar surface area (TPSA) is 78.0 Å². The maximum absolute atomic E-state index is 13.7. The predicted molar refractivity (Wildman–Crippen MR) is 152 cm³/mol. The van der Waals surface area contributed by atoms with E-state index in [0.29, 0.717) is 12.0 Å². The van der Waals surface area contributed by atoms with Crippen LogP contribution in [0.15, 0.2) is 48.8 Å². The number of esters is 1. The fourth-order valence-electron chi connectivity index (χ4n) is 4.58. The van der Waals surface area contributed by atoms with Gasteiger partial charge >= 0.3 is 12.1 Å². The van der Waals surface area contributed by atoms with Crippen molar-refractivity contribution in [2.24, 2.45) is 0 Å². The van der Waals surface area contributed by atoms with E-state index in [-0.39, 0.29) is 35.3 Å². The molecule has 1 saturated heterocycles. The first-order valence-electron chi connectivity index (χ1n) is 13.4. The smallest absolute Gasteiger partial charge is 0.410 e. The van der Waals surface area contributed by atoms with Crippen LogP contribution in [0, 0.1) is 0 Å². The van der Waals surface area contributed by atoms with Crippen LogP contribution in [0.25, 0.3) is 0 Å². The Balaban J connectivity index is 1.98. The Morgan fingerprint density at radius 2 is 1.71 bits per heavy atom. The van der Waals surface area contributed by atoms with E-state index >= 15 is 0 Å². The molecule has 3 atom stereocenters. The molecule has 38 heavy (non-hydrogen) atoms. The molecule has 1 aromatic carbocycles. The third kappa shape index (κ3) is 7.23. The van der Waals surface area contributed by atoms with E-state index in [4.69, 9.17) is 13.9 Å². The molecule has 8 heteroatoms. The molecule has 0 unspecified atom stereocenters. The van der Waals surface area contributed by atoms with Gasteiger partial charge in [-0.2, -0.15) is 0 Å². The molecule has 1 aromatic heterocycles. The van der Waals surface area contributed by atoms with Crippen molar-refractivity contribution in [1.82, 2.24) is 9.88 Å². The van der Waals surface area contributed by atoms with E-state index in [1.807, 2.05) is 56.1 Å². The van der Waals surface area contributed by atoms with Crippen molar-refractivity contribution in [2.75, 3.05) is 7.11 Å². The van der Waals surface area contributed by atoms with Crippen LogP contribution in [-0.2, 0) is 20.3 Å². The van der Waals surface area contributed by atoms with Crippen molar-refractivity contribution in [3.05, 3.63) is 65.5 Å². The zero-order chi connectivity index (χ0) is 28.3. The van der Waals surface area contributed by atoms with E-state index in [1.54, 1.807) is 18.3 Å². The van der Waals surface area contributed by atoms with Crippen molar-refractivity contribution in [3.8, 4) is 0 Å². The number of nitrogens with zero attached hydrogens (tertiary/aromatic N) is 2. The molecule has 0 N–H and O–H groups in total. The number of carbonyl (C=O) groups is 2. The van der Waals surface area contributed by atoms with Crippen LogP contribution in [0.5, 0.6) is 0 Å². The van der Waals surface area contributed by atoms with Gasteiger partial charge in [-0.1, -0.05) is 39.0 Å². The van der Waals surface area contributed by atoms with Gasteiger partial charge in [0.15, 0.2) is 8.32 Å². The van der Waals surface area contributed by atoms with Gasteiger partial charge in [0.1, 0.15) is 5.60 Å². The molecule has 208 valence electrons. The van der Waals surface area contributed by atoms with Gasteiger partial charge in [0.2, 0.25) is 0 Å². The molecule has 0 spiro atoms. The zero-order valence-corrected chi connectivity index (χ0v) is 25.4. The highest BCUT2D eigenvalue weighted by atomic mass is 28.4. The van der Waals surface area contributed by atoms with Crippen LogP contribution >= 0.6 is 0 Å². The number of amides is 1. The fraction of sp³-hybridized carbons (Fsp3) is 0.567. The Kier molecular flexibility index (Phi) is 9.09. The summed E-state index contributed by atoms with van der Waals surface area (Å²) in [6.07, 6.45) is 5.22. The number of likely N-dealkylation sites (tertiary alicyclic amines) is 1. The van der Waals surface area contributed by atoms with Crippen molar-refractivity contribution >= 4 is 20.4 Å². The Labute approximate surface area is 229 Å². The first-order valence-corrected chi connectivity index (χ1v) is 16.3. The summed E-state index contributed by atoms with van der Waals surface area (Å²) < 4.78 is 17.8. The van der Waals surface area contributed by atoms with E-state index in [0.717, 1.165) is 24.0 Å². The number of carbonyl (C=O) groups excluding carboxylic acids is 2. The Morgan fingerprint density at radius 3 is 2.24 bits per heavy atom. The SMILES string of the molecule is COC(=O)c1ccc(C[C@@H]2CC[C@H]([C@H](O[Si](C)(C)C(C)(C)C)c3cccnc3)N2C(=O)OC(C)(C)C)cc1. The molecule has 0 bridgehead atoms. The predicted octanol–water partition coefficient (Wildman–Crippen LogP) is 6.94. The average Bonchev–Trinajstić information content (AvgIpc) is 3.24. The molecule has 1 aliphatic rings. The van der Waals surface area contributed by atoms with Gasteiger partial charge in [0.05, 0.1) is 24.8 Å². The summed E-state index contributed by atoms with van der Waals surface area (Å²) in [4.78, 5) is 31.9. The summed E-state index contributed by atoms with van der Waals surface area (Å²) in [6, 6.07) is 11.1. The first-order chi connectivity index (χ1) is 17.6. The number of rotatable bonds is 7. The second-order valence-corrected chi connectivity index (χ2v) is 17.4. The van der Waals surface area contributed by atoms with E-state index in [9.17, 15) is 9.59 Å². The van der Waals surface area contributed by atoms with Gasteiger partial charge in [-0.3, -0.25) is 9.88 Å². The molecule has 1 amide bonds. The molecule has 0 saturated carbocycles. The van der Waals surface area contributed by atoms with Crippen molar-refractivity contribution < 1.29 is 23.5 Å². The van der Waals surface area contributed by atoms with Crippen molar-refractivity contribution in [2.45, 2.75) is 103 Å². The second-order valence-electron chi connectivity index (χ2n) is 12.7. The third-order valence-corrected chi connectivity index (χ3v) is 12.0. The van der Waals surface area contributed by atoms with Crippen LogP contribution < -0.4 is 0 Å².